The molecule has 1 unspecified atom stereocenters. The predicted octanol–water partition coefficient (Wildman–Crippen LogP) is 2.23. The minimum absolute atomic E-state index is 0.383. The topological polar surface area (TPSA) is 36.9 Å². The molecule has 22 heavy (non-hydrogen) atoms. The number of ether oxygens (including phenoxy) is 1. The summed E-state index contributed by atoms with van der Waals surface area (Å²) in [4.78, 5) is 6.86. The molecular weight excluding hydrogens is 274 g/mol. The Morgan fingerprint density at radius 3 is 3.05 bits per heavy atom. The Bertz CT molecular complexity index is 535. The van der Waals surface area contributed by atoms with Crippen molar-refractivity contribution in [1.82, 2.24) is 10.2 Å². The molecule has 2 saturated heterocycles. The first-order valence-electron chi connectivity index (χ1n) is 8.30. The van der Waals surface area contributed by atoms with Crippen molar-refractivity contribution in [3.8, 4) is 0 Å². The summed E-state index contributed by atoms with van der Waals surface area (Å²) in [6, 6.07) is 8.72. The zero-order valence-electron chi connectivity index (χ0n) is 13.8. The first-order chi connectivity index (χ1) is 10.7. The number of aliphatic imine (C=N–C) groups is 1. The maximum absolute atomic E-state index is 5.61. The van der Waals surface area contributed by atoms with Gasteiger partial charge in [-0.15, -0.1) is 0 Å². The van der Waals surface area contributed by atoms with Gasteiger partial charge in [0.05, 0.1) is 6.61 Å². The van der Waals surface area contributed by atoms with Gasteiger partial charge in [0.25, 0.3) is 0 Å². The molecule has 1 atom stereocenters. The van der Waals surface area contributed by atoms with Crippen molar-refractivity contribution in [3.63, 3.8) is 0 Å². The Balaban J connectivity index is 1.50. The fourth-order valence-corrected chi connectivity index (χ4v) is 3.61. The largest absolute Gasteiger partial charge is 0.381 e. The first kappa shape index (κ1) is 15.3. The zero-order chi connectivity index (χ0) is 15.4. The van der Waals surface area contributed by atoms with Gasteiger partial charge in [-0.3, -0.25) is 4.99 Å². The van der Waals surface area contributed by atoms with E-state index in [4.69, 9.17) is 4.74 Å². The molecule has 2 heterocycles. The van der Waals surface area contributed by atoms with Crippen LogP contribution in [0.5, 0.6) is 0 Å². The zero-order valence-corrected chi connectivity index (χ0v) is 13.8. The number of likely N-dealkylation sites (tertiary alicyclic amines) is 1. The van der Waals surface area contributed by atoms with Crippen LogP contribution in [0.1, 0.15) is 24.0 Å². The summed E-state index contributed by atoms with van der Waals surface area (Å²) in [5.41, 5.74) is 3.09. The number of rotatable bonds is 3. The summed E-state index contributed by atoms with van der Waals surface area (Å²) in [5, 5.41) is 3.52. The van der Waals surface area contributed by atoms with E-state index in [0.29, 0.717) is 5.41 Å². The van der Waals surface area contributed by atoms with Crippen LogP contribution in [0.15, 0.2) is 29.3 Å². The fourth-order valence-electron chi connectivity index (χ4n) is 3.61. The summed E-state index contributed by atoms with van der Waals surface area (Å²) < 4.78 is 5.61. The fraction of sp³-hybridized carbons (Fsp3) is 0.611. The molecular formula is C18H27N3O. The van der Waals surface area contributed by atoms with Gasteiger partial charge in [0.15, 0.2) is 5.96 Å². The summed E-state index contributed by atoms with van der Waals surface area (Å²) in [6.07, 6.45) is 3.46. The van der Waals surface area contributed by atoms with E-state index in [-0.39, 0.29) is 0 Å². The van der Waals surface area contributed by atoms with Crippen molar-refractivity contribution in [2.45, 2.75) is 26.2 Å². The summed E-state index contributed by atoms with van der Waals surface area (Å²) in [6.45, 7) is 7.08. The van der Waals surface area contributed by atoms with Gasteiger partial charge in [0.2, 0.25) is 0 Å². The van der Waals surface area contributed by atoms with Gasteiger partial charge in [-0.1, -0.05) is 29.8 Å². The standard InChI is InChI=1S/C18H27N3O/c1-15-4-3-5-16(12-15)6-9-20-17(19-2)21-10-7-18(13-21)8-11-22-14-18/h3-5,12H,6-11,13-14H2,1-2H3,(H,19,20). The lowest BCUT2D eigenvalue weighted by Gasteiger charge is -2.25. The number of benzene rings is 1. The molecule has 2 fully saturated rings. The van der Waals surface area contributed by atoms with E-state index in [2.05, 4.69) is 46.4 Å². The Hall–Kier alpha value is -1.55. The van der Waals surface area contributed by atoms with Gasteiger partial charge in [-0.2, -0.15) is 0 Å². The van der Waals surface area contributed by atoms with E-state index in [1.165, 1.54) is 24.0 Å². The molecule has 1 aromatic carbocycles. The molecule has 1 aromatic rings. The average Bonchev–Trinajstić information content (AvgIpc) is 3.14. The van der Waals surface area contributed by atoms with Crippen LogP contribution < -0.4 is 5.32 Å². The van der Waals surface area contributed by atoms with Gasteiger partial charge < -0.3 is 15.0 Å². The highest BCUT2D eigenvalue weighted by Crippen LogP contribution is 2.38. The second-order valence-electron chi connectivity index (χ2n) is 6.69. The molecule has 1 N–H and O–H groups in total. The molecule has 120 valence electrons. The molecule has 4 nitrogen and oxygen atoms in total. The van der Waals surface area contributed by atoms with E-state index >= 15 is 0 Å². The normalized spacial score (nSPS) is 25.2. The lowest BCUT2D eigenvalue weighted by Crippen LogP contribution is -2.42. The second kappa shape index (κ2) is 6.69. The molecule has 0 amide bonds. The van der Waals surface area contributed by atoms with E-state index in [1.54, 1.807) is 0 Å². The van der Waals surface area contributed by atoms with Gasteiger partial charge in [-0.25, -0.2) is 0 Å². The summed E-state index contributed by atoms with van der Waals surface area (Å²) in [5.74, 6) is 1.04. The van der Waals surface area contributed by atoms with Gasteiger partial charge in [0, 0.05) is 38.7 Å². The minimum Gasteiger partial charge on any atom is -0.381 e. The lowest BCUT2D eigenvalue weighted by molar-refractivity contribution is 0.156. The highest BCUT2D eigenvalue weighted by Gasteiger charge is 2.42. The van der Waals surface area contributed by atoms with Gasteiger partial charge in [0.1, 0.15) is 0 Å². The Kier molecular flexibility index (Phi) is 4.67. The molecule has 2 aliphatic heterocycles. The van der Waals surface area contributed by atoms with Crippen LogP contribution in [0.3, 0.4) is 0 Å². The maximum Gasteiger partial charge on any atom is 0.193 e. The molecule has 0 radical (unpaired) electrons. The number of nitrogens with one attached hydrogen (secondary N) is 1. The van der Waals surface area contributed by atoms with Gasteiger partial charge in [-0.05, 0) is 31.7 Å². The van der Waals surface area contributed by atoms with E-state index < -0.39 is 0 Å². The minimum atomic E-state index is 0.383. The van der Waals surface area contributed by atoms with Crippen molar-refractivity contribution in [2.24, 2.45) is 10.4 Å². The number of guanidine groups is 1. The predicted molar refractivity (Wildman–Crippen MR) is 90.3 cm³/mol. The van der Waals surface area contributed by atoms with E-state index in [1.807, 2.05) is 7.05 Å². The van der Waals surface area contributed by atoms with Crippen LogP contribution in [0, 0.1) is 12.3 Å². The number of aryl methyl sites for hydroxylation is 1. The molecule has 0 saturated carbocycles. The van der Waals surface area contributed by atoms with Crippen LogP contribution in [0.2, 0.25) is 0 Å². The summed E-state index contributed by atoms with van der Waals surface area (Å²) >= 11 is 0. The van der Waals surface area contributed by atoms with Crippen molar-refractivity contribution >= 4 is 5.96 Å². The molecule has 0 bridgehead atoms. The van der Waals surface area contributed by atoms with Crippen molar-refractivity contribution in [2.75, 3.05) is 39.9 Å². The monoisotopic (exact) mass is 301 g/mol. The first-order valence-corrected chi connectivity index (χ1v) is 8.30. The third kappa shape index (κ3) is 3.43. The molecule has 2 aliphatic rings. The Morgan fingerprint density at radius 2 is 2.32 bits per heavy atom. The highest BCUT2D eigenvalue weighted by atomic mass is 16.5. The van der Waals surface area contributed by atoms with Gasteiger partial charge >= 0.3 is 0 Å². The Morgan fingerprint density at radius 1 is 1.41 bits per heavy atom. The SMILES string of the molecule is CN=C(NCCc1cccc(C)c1)N1CCC2(CCOC2)C1. The number of hydrogen-bond acceptors (Lipinski definition) is 2. The smallest absolute Gasteiger partial charge is 0.193 e. The van der Waals surface area contributed by atoms with E-state index in [9.17, 15) is 0 Å². The van der Waals surface area contributed by atoms with Crippen LogP contribution in [-0.4, -0.2) is 50.8 Å². The third-order valence-electron chi connectivity index (χ3n) is 4.91. The third-order valence-corrected chi connectivity index (χ3v) is 4.91. The van der Waals surface area contributed by atoms with Crippen LogP contribution in [-0.2, 0) is 11.2 Å². The number of nitrogens with zero attached hydrogens (tertiary/aromatic N) is 2. The number of hydrogen-bond donors (Lipinski definition) is 1. The molecule has 1 spiro atoms. The van der Waals surface area contributed by atoms with Crippen LogP contribution >= 0.6 is 0 Å². The molecule has 3 rings (SSSR count). The lowest BCUT2D eigenvalue weighted by atomic mass is 9.87. The quantitative estimate of drug-likeness (QED) is 0.687. The molecule has 0 aliphatic carbocycles. The Labute approximate surface area is 133 Å². The van der Waals surface area contributed by atoms with Crippen molar-refractivity contribution in [1.29, 1.82) is 0 Å². The average molecular weight is 301 g/mol. The molecule has 0 aromatic heterocycles. The van der Waals surface area contributed by atoms with Crippen molar-refractivity contribution < 1.29 is 4.74 Å². The van der Waals surface area contributed by atoms with Crippen molar-refractivity contribution in [3.05, 3.63) is 35.4 Å². The highest BCUT2D eigenvalue weighted by molar-refractivity contribution is 5.80. The van der Waals surface area contributed by atoms with Crippen LogP contribution in [0.4, 0.5) is 0 Å². The van der Waals surface area contributed by atoms with E-state index in [0.717, 1.165) is 45.2 Å². The molecule has 4 heteroatoms. The summed E-state index contributed by atoms with van der Waals surface area (Å²) in [7, 11) is 1.88. The second-order valence-corrected chi connectivity index (χ2v) is 6.69. The maximum atomic E-state index is 5.61. The van der Waals surface area contributed by atoms with Crippen LogP contribution in [0.25, 0.3) is 0 Å².